The normalized spacial score (nSPS) is 25.7. The lowest BCUT2D eigenvalue weighted by atomic mass is 9.93. The van der Waals surface area contributed by atoms with Gasteiger partial charge in [0, 0.05) is 6.42 Å². The molecule has 1 atom stereocenters. The Bertz CT molecular complexity index is 192. The van der Waals surface area contributed by atoms with Crippen LogP contribution in [0.15, 0.2) is 12.2 Å². The fraction of sp³-hybridized carbons (Fsp3) is 0.571. The summed E-state index contributed by atoms with van der Waals surface area (Å²) >= 11 is 0. The Morgan fingerprint density at radius 2 is 2.09 bits per heavy atom. The summed E-state index contributed by atoms with van der Waals surface area (Å²) in [5.41, 5.74) is 0. The first-order chi connectivity index (χ1) is 5.00. The molecule has 62 valence electrons. The predicted molar refractivity (Wildman–Crippen MR) is 32.9 cm³/mol. The zero-order valence-corrected chi connectivity index (χ0v) is 5.69. The molecule has 0 saturated heterocycles. The summed E-state index contributed by atoms with van der Waals surface area (Å²) in [4.78, 5) is 10.5. The van der Waals surface area contributed by atoms with Crippen LogP contribution in [-0.2, 0) is 4.79 Å². The van der Waals surface area contributed by atoms with Gasteiger partial charge in [-0.25, -0.2) is 0 Å². The van der Waals surface area contributed by atoms with E-state index in [4.69, 9.17) is 0 Å². The molecule has 1 aliphatic carbocycles. The van der Waals surface area contributed by atoms with E-state index in [9.17, 15) is 18.0 Å². The molecule has 0 spiro atoms. The second-order valence-corrected chi connectivity index (χ2v) is 2.55. The average Bonchev–Trinajstić information content (AvgIpc) is 1.86. The molecule has 0 unspecified atom stereocenters. The van der Waals surface area contributed by atoms with Gasteiger partial charge in [-0.1, -0.05) is 6.08 Å². The predicted octanol–water partition coefficient (Wildman–Crippen LogP) is 2.08. The molecule has 0 heterocycles. The van der Waals surface area contributed by atoms with E-state index in [1.807, 2.05) is 0 Å². The SMILES string of the molecule is O=C1C=CC[C@H](C(F)(F)F)C1. The second kappa shape index (κ2) is 2.68. The highest BCUT2D eigenvalue weighted by Crippen LogP contribution is 2.33. The summed E-state index contributed by atoms with van der Waals surface area (Å²) in [5.74, 6) is -1.89. The van der Waals surface area contributed by atoms with Gasteiger partial charge in [-0.15, -0.1) is 0 Å². The number of ketones is 1. The Kier molecular flexibility index (Phi) is 2.02. The van der Waals surface area contributed by atoms with Crippen LogP contribution in [0.5, 0.6) is 0 Å². The van der Waals surface area contributed by atoms with E-state index in [1.54, 1.807) is 0 Å². The molecular formula is C7H7F3O. The molecule has 1 rings (SSSR count). The third-order valence-electron chi connectivity index (χ3n) is 1.63. The monoisotopic (exact) mass is 164 g/mol. The van der Waals surface area contributed by atoms with E-state index in [0.717, 1.165) is 0 Å². The molecule has 1 aliphatic rings. The van der Waals surface area contributed by atoms with Crippen molar-refractivity contribution in [3.8, 4) is 0 Å². The molecule has 0 aromatic carbocycles. The van der Waals surface area contributed by atoms with Gasteiger partial charge in [-0.3, -0.25) is 4.79 Å². The third kappa shape index (κ3) is 2.06. The number of rotatable bonds is 0. The molecule has 0 saturated carbocycles. The van der Waals surface area contributed by atoms with Crippen molar-refractivity contribution < 1.29 is 18.0 Å². The Balaban J connectivity index is 2.64. The van der Waals surface area contributed by atoms with Crippen LogP contribution < -0.4 is 0 Å². The zero-order chi connectivity index (χ0) is 8.48. The number of alkyl halides is 3. The molecule has 4 heteroatoms. The van der Waals surface area contributed by atoms with Crippen molar-refractivity contribution in [3.05, 3.63) is 12.2 Å². The summed E-state index contributed by atoms with van der Waals surface area (Å²) in [6, 6.07) is 0. The van der Waals surface area contributed by atoms with Crippen LogP contribution in [0, 0.1) is 5.92 Å². The molecule has 0 bridgehead atoms. The first-order valence-corrected chi connectivity index (χ1v) is 3.26. The Hall–Kier alpha value is -0.800. The van der Waals surface area contributed by atoms with Crippen molar-refractivity contribution in [1.82, 2.24) is 0 Å². The van der Waals surface area contributed by atoms with Gasteiger partial charge in [0.1, 0.15) is 0 Å². The number of carbonyl (C=O) groups is 1. The van der Waals surface area contributed by atoms with Gasteiger partial charge in [0.15, 0.2) is 5.78 Å². The van der Waals surface area contributed by atoms with Gasteiger partial charge in [0.05, 0.1) is 5.92 Å². The number of halogens is 3. The molecule has 0 fully saturated rings. The van der Waals surface area contributed by atoms with Gasteiger partial charge in [-0.2, -0.15) is 13.2 Å². The summed E-state index contributed by atoms with van der Waals surface area (Å²) < 4.78 is 35.8. The lowest BCUT2D eigenvalue weighted by Gasteiger charge is -2.19. The smallest absolute Gasteiger partial charge is 0.295 e. The molecule has 11 heavy (non-hydrogen) atoms. The van der Waals surface area contributed by atoms with Crippen molar-refractivity contribution in [1.29, 1.82) is 0 Å². The van der Waals surface area contributed by atoms with Crippen LogP contribution in [0.1, 0.15) is 12.8 Å². The minimum Gasteiger partial charge on any atom is -0.295 e. The van der Waals surface area contributed by atoms with Crippen molar-refractivity contribution >= 4 is 5.78 Å². The van der Waals surface area contributed by atoms with Gasteiger partial charge in [0.2, 0.25) is 0 Å². The molecule has 0 amide bonds. The van der Waals surface area contributed by atoms with E-state index in [1.165, 1.54) is 12.2 Å². The highest BCUT2D eigenvalue weighted by molar-refractivity contribution is 5.90. The molecule has 0 aliphatic heterocycles. The first-order valence-electron chi connectivity index (χ1n) is 3.26. The molecule has 0 N–H and O–H groups in total. The van der Waals surface area contributed by atoms with E-state index >= 15 is 0 Å². The lowest BCUT2D eigenvalue weighted by molar-refractivity contribution is -0.177. The maximum Gasteiger partial charge on any atom is 0.392 e. The second-order valence-electron chi connectivity index (χ2n) is 2.55. The molecular weight excluding hydrogens is 157 g/mol. The minimum absolute atomic E-state index is 0.0603. The maximum absolute atomic E-state index is 11.9. The van der Waals surface area contributed by atoms with E-state index in [-0.39, 0.29) is 12.8 Å². The van der Waals surface area contributed by atoms with Crippen molar-refractivity contribution in [2.75, 3.05) is 0 Å². The number of hydrogen-bond donors (Lipinski definition) is 0. The average molecular weight is 164 g/mol. The van der Waals surface area contributed by atoms with E-state index < -0.39 is 17.9 Å². The van der Waals surface area contributed by atoms with Gasteiger partial charge in [0.25, 0.3) is 0 Å². The van der Waals surface area contributed by atoms with Crippen LogP contribution in [0.3, 0.4) is 0 Å². The van der Waals surface area contributed by atoms with Gasteiger partial charge >= 0.3 is 6.18 Å². The molecule has 1 nitrogen and oxygen atoms in total. The van der Waals surface area contributed by atoms with Crippen LogP contribution in [0.4, 0.5) is 13.2 Å². The maximum atomic E-state index is 11.9. The highest BCUT2D eigenvalue weighted by Gasteiger charge is 2.40. The third-order valence-corrected chi connectivity index (χ3v) is 1.63. The summed E-state index contributed by atoms with van der Waals surface area (Å²) in [5, 5.41) is 0. The van der Waals surface area contributed by atoms with E-state index in [2.05, 4.69) is 0 Å². The quantitative estimate of drug-likeness (QED) is 0.535. The van der Waals surface area contributed by atoms with Crippen LogP contribution in [-0.4, -0.2) is 12.0 Å². The lowest BCUT2D eigenvalue weighted by Crippen LogP contribution is -2.26. The fourth-order valence-corrected chi connectivity index (χ4v) is 1.01. The van der Waals surface area contributed by atoms with Crippen LogP contribution in [0.2, 0.25) is 0 Å². The highest BCUT2D eigenvalue weighted by atomic mass is 19.4. The van der Waals surface area contributed by atoms with Crippen LogP contribution in [0.25, 0.3) is 0 Å². The minimum atomic E-state index is -4.22. The Morgan fingerprint density at radius 1 is 1.45 bits per heavy atom. The summed E-state index contributed by atoms with van der Waals surface area (Å²) in [6.45, 7) is 0. The molecule has 0 aromatic heterocycles. The van der Waals surface area contributed by atoms with Crippen LogP contribution >= 0.6 is 0 Å². The largest absolute Gasteiger partial charge is 0.392 e. The molecule has 0 aromatic rings. The summed E-state index contributed by atoms with van der Waals surface area (Å²) in [6.07, 6.45) is -2.18. The Morgan fingerprint density at radius 3 is 2.45 bits per heavy atom. The topological polar surface area (TPSA) is 17.1 Å². The van der Waals surface area contributed by atoms with Crippen molar-refractivity contribution in [3.63, 3.8) is 0 Å². The number of carbonyl (C=O) groups excluding carboxylic acids is 1. The zero-order valence-electron chi connectivity index (χ0n) is 5.69. The Labute approximate surface area is 61.9 Å². The van der Waals surface area contributed by atoms with Crippen molar-refractivity contribution in [2.45, 2.75) is 19.0 Å². The number of allylic oxidation sites excluding steroid dienone is 2. The van der Waals surface area contributed by atoms with E-state index in [0.29, 0.717) is 0 Å². The first kappa shape index (κ1) is 8.30. The fourth-order valence-electron chi connectivity index (χ4n) is 1.01. The van der Waals surface area contributed by atoms with Gasteiger partial charge < -0.3 is 0 Å². The molecule has 0 radical (unpaired) electrons. The summed E-state index contributed by atoms with van der Waals surface area (Å²) in [7, 11) is 0. The number of hydrogen-bond acceptors (Lipinski definition) is 1. The van der Waals surface area contributed by atoms with Gasteiger partial charge in [-0.05, 0) is 12.5 Å². The standard InChI is InChI=1S/C7H7F3O/c8-7(9,10)5-2-1-3-6(11)4-5/h1,3,5H,2,4H2/t5-/m0/s1. The van der Waals surface area contributed by atoms with Crippen molar-refractivity contribution in [2.24, 2.45) is 5.92 Å².